The Morgan fingerprint density at radius 3 is 2.65 bits per heavy atom. The molecule has 0 spiro atoms. The zero-order chi connectivity index (χ0) is 21.6. The van der Waals surface area contributed by atoms with Crippen molar-refractivity contribution < 1.29 is 9.53 Å². The second-order valence-corrected chi connectivity index (χ2v) is 8.80. The number of aryl methyl sites for hydroxylation is 1. The van der Waals surface area contributed by atoms with Crippen molar-refractivity contribution in [3.63, 3.8) is 0 Å². The third-order valence-corrected chi connectivity index (χ3v) is 6.54. The fraction of sp³-hybridized carbons (Fsp3) is 0.583. The maximum atomic E-state index is 12.6. The van der Waals surface area contributed by atoms with Gasteiger partial charge in [0.1, 0.15) is 11.9 Å². The summed E-state index contributed by atoms with van der Waals surface area (Å²) in [5, 5.41) is 7.21. The number of nitrogens with zero attached hydrogens (tertiary/aromatic N) is 4. The standard InChI is InChI=1S/C24H35N5O2/c1-3-29-18-19(17-26-29)16-25-24(30)20-5-4-6-23(15-20)31-22-9-13-28(14-10-22)21-7-11-27(2)12-8-21/h4-6,15,17-18,21-22H,3,7-14,16H2,1-2H3,(H,25,30). The molecule has 2 fully saturated rings. The molecular formula is C24H35N5O2. The molecule has 1 aromatic carbocycles. The molecule has 0 saturated carbocycles. The molecule has 1 N–H and O–H groups in total. The van der Waals surface area contributed by atoms with Crippen molar-refractivity contribution in [1.29, 1.82) is 0 Å². The number of carbonyl (C=O) groups excluding carboxylic acids is 1. The molecule has 7 heteroatoms. The van der Waals surface area contributed by atoms with E-state index in [1.165, 1.54) is 25.9 Å². The molecule has 0 aliphatic carbocycles. The molecule has 0 bridgehead atoms. The third kappa shape index (κ3) is 5.86. The van der Waals surface area contributed by atoms with E-state index in [2.05, 4.69) is 27.3 Å². The number of amides is 1. The SMILES string of the molecule is CCn1cc(CNC(=O)c2cccc(OC3CCN(C4CCN(C)CC4)CC3)c2)cn1. The van der Waals surface area contributed by atoms with E-state index < -0.39 is 0 Å². The van der Waals surface area contributed by atoms with Crippen molar-refractivity contribution >= 4 is 5.91 Å². The quantitative estimate of drug-likeness (QED) is 0.739. The highest BCUT2D eigenvalue weighted by Gasteiger charge is 2.28. The van der Waals surface area contributed by atoms with Gasteiger partial charge in [-0.25, -0.2) is 0 Å². The van der Waals surface area contributed by atoms with Crippen LogP contribution in [0.4, 0.5) is 0 Å². The summed E-state index contributed by atoms with van der Waals surface area (Å²) in [4.78, 5) is 17.7. The highest BCUT2D eigenvalue weighted by molar-refractivity contribution is 5.94. The van der Waals surface area contributed by atoms with Crippen LogP contribution in [0.2, 0.25) is 0 Å². The van der Waals surface area contributed by atoms with Crippen molar-refractivity contribution in [2.75, 3.05) is 33.2 Å². The molecule has 3 heterocycles. The van der Waals surface area contributed by atoms with Crippen LogP contribution >= 0.6 is 0 Å². The minimum Gasteiger partial charge on any atom is -0.490 e. The normalized spacial score (nSPS) is 19.4. The van der Waals surface area contributed by atoms with Crippen LogP contribution in [0.15, 0.2) is 36.7 Å². The lowest BCUT2D eigenvalue weighted by Gasteiger charge is -2.41. The molecule has 2 aliphatic rings. The minimum atomic E-state index is -0.0909. The van der Waals surface area contributed by atoms with Gasteiger partial charge in [0, 0.05) is 49.5 Å². The number of hydrogen-bond donors (Lipinski definition) is 1. The summed E-state index contributed by atoms with van der Waals surface area (Å²) in [7, 11) is 2.21. The van der Waals surface area contributed by atoms with E-state index in [-0.39, 0.29) is 12.0 Å². The number of benzene rings is 1. The van der Waals surface area contributed by atoms with Gasteiger partial charge in [-0.15, -0.1) is 0 Å². The first-order chi connectivity index (χ1) is 15.1. The summed E-state index contributed by atoms with van der Waals surface area (Å²) < 4.78 is 8.11. The predicted octanol–water partition coefficient (Wildman–Crippen LogP) is 2.77. The Kier molecular flexibility index (Phi) is 7.25. The molecule has 1 aromatic heterocycles. The zero-order valence-electron chi connectivity index (χ0n) is 18.8. The van der Waals surface area contributed by atoms with Crippen LogP contribution in [0.25, 0.3) is 0 Å². The Hall–Kier alpha value is -2.38. The first kappa shape index (κ1) is 21.8. The summed E-state index contributed by atoms with van der Waals surface area (Å²) in [6.45, 7) is 7.95. The molecule has 7 nitrogen and oxygen atoms in total. The Morgan fingerprint density at radius 2 is 1.94 bits per heavy atom. The monoisotopic (exact) mass is 425 g/mol. The number of carbonyl (C=O) groups is 1. The van der Waals surface area contributed by atoms with Crippen molar-refractivity contribution in [3.8, 4) is 5.75 Å². The molecule has 1 amide bonds. The van der Waals surface area contributed by atoms with Crippen LogP contribution in [0.1, 0.15) is 48.5 Å². The van der Waals surface area contributed by atoms with Gasteiger partial charge in [0.05, 0.1) is 6.20 Å². The second-order valence-electron chi connectivity index (χ2n) is 8.80. The van der Waals surface area contributed by atoms with Gasteiger partial charge < -0.3 is 19.9 Å². The molecular weight excluding hydrogens is 390 g/mol. The highest BCUT2D eigenvalue weighted by atomic mass is 16.5. The first-order valence-electron chi connectivity index (χ1n) is 11.6. The number of aromatic nitrogens is 2. The molecule has 168 valence electrons. The van der Waals surface area contributed by atoms with E-state index in [0.717, 1.165) is 49.8 Å². The Balaban J connectivity index is 1.25. The van der Waals surface area contributed by atoms with Crippen molar-refractivity contribution in [2.45, 2.75) is 57.8 Å². The van der Waals surface area contributed by atoms with Crippen molar-refractivity contribution in [2.24, 2.45) is 0 Å². The van der Waals surface area contributed by atoms with Gasteiger partial charge >= 0.3 is 0 Å². The maximum absolute atomic E-state index is 12.6. The molecule has 0 radical (unpaired) electrons. The lowest BCUT2D eigenvalue weighted by molar-refractivity contribution is 0.0525. The molecule has 2 aliphatic heterocycles. The number of rotatable bonds is 7. The number of nitrogens with one attached hydrogen (secondary N) is 1. The summed E-state index contributed by atoms with van der Waals surface area (Å²) in [5.41, 5.74) is 1.63. The van der Waals surface area contributed by atoms with Crippen LogP contribution in [0.3, 0.4) is 0 Å². The van der Waals surface area contributed by atoms with Crippen LogP contribution in [0.5, 0.6) is 5.75 Å². The van der Waals surface area contributed by atoms with Crippen LogP contribution in [-0.4, -0.2) is 70.9 Å². The zero-order valence-corrected chi connectivity index (χ0v) is 18.8. The van der Waals surface area contributed by atoms with Crippen LogP contribution < -0.4 is 10.1 Å². The lowest BCUT2D eigenvalue weighted by Crippen LogP contribution is -2.48. The van der Waals surface area contributed by atoms with E-state index in [0.29, 0.717) is 12.1 Å². The molecule has 31 heavy (non-hydrogen) atoms. The molecule has 0 unspecified atom stereocenters. The number of likely N-dealkylation sites (tertiary alicyclic amines) is 2. The smallest absolute Gasteiger partial charge is 0.251 e. The Morgan fingerprint density at radius 1 is 1.16 bits per heavy atom. The van der Waals surface area contributed by atoms with Gasteiger partial charge in [0.15, 0.2) is 0 Å². The highest BCUT2D eigenvalue weighted by Crippen LogP contribution is 2.24. The van der Waals surface area contributed by atoms with Crippen molar-refractivity contribution in [3.05, 3.63) is 47.8 Å². The van der Waals surface area contributed by atoms with Gasteiger partial charge in [-0.3, -0.25) is 9.48 Å². The maximum Gasteiger partial charge on any atom is 0.251 e. The fourth-order valence-electron chi connectivity index (χ4n) is 4.58. The number of ether oxygens (including phenoxy) is 1. The van der Waals surface area contributed by atoms with E-state index in [1.54, 1.807) is 6.20 Å². The van der Waals surface area contributed by atoms with Crippen LogP contribution in [-0.2, 0) is 13.1 Å². The van der Waals surface area contributed by atoms with Gasteiger partial charge in [-0.05, 0) is 70.9 Å². The topological polar surface area (TPSA) is 62.6 Å². The van der Waals surface area contributed by atoms with E-state index >= 15 is 0 Å². The lowest BCUT2D eigenvalue weighted by atomic mass is 9.99. The van der Waals surface area contributed by atoms with E-state index in [9.17, 15) is 4.79 Å². The van der Waals surface area contributed by atoms with Gasteiger partial charge in [-0.2, -0.15) is 5.10 Å². The predicted molar refractivity (Wildman–Crippen MR) is 121 cm³/mol. The van der Waals surface area contributed by atoms with E-state index in [4.69, 9.17) is 4.74 Å². The van der Waals surface area contributed by atoms with Gasteiger partial charge in [-0.1, -0.05) is 6.07 Å². The molecule has 4 rings (SSSR count). The summed E-state index contributed by atoms with van der Waals surface area (Å²) in [6, 6.07) is 8.26. The molecule has 0 atom stereocenters. The first-order valence-corrected chi connectivity index (χ1v) is 11.6. The summed E-state index contributed by atoms with van der Waals surface area (Å²) in [5.74, 6) is 0.691. The van der Waals surface area contributed by atoms with Gasteiger partial charge in [0.2, 0.25) is 0 Å². The molecule has 2 saturated heterocycles. The van der Waals surface area contributed by atoms with Gasteiger partial charge in [0.25, 0.3) is 5.91 Å². The average Bonchev–Trinajstić information content (AvgIpc) is 3.27. The van der Waals surface area contributed by atoms with Crippen LogP contribution in [0, 0.1) is 0 Å². The number of piperidine rings is 2. The summed E-state index contributed by atoms with van der Waals surface area (Å²) >= 11 is 0. The fourth-order valence-corrected chi connectivity index (χ4v) is 4.58. The number of hydrogen-bond acceptors (Lipinski definition) is 5. The third-order valence-electron chi connectivity index (χ3n) is 6.54. The Bertz CT molecular complexity index is 851. The average molecular weight is 426 g/mol. The molecule has 2 aromatic rings. The Labute approximate surface area is 185 Å². The van der Waals surface area contributed by atoms with E-state index in [1.807, 2.05) is 42.1 Å². The minimum absolute atomic E-state index is 0.0909. The van der Waals surface area contributed by atoms with Crippen molar-refractivity contribution in [1.82, 2.24) is 24.9 Å². The largest absolute Gasteiger partial charge is 0.490 e. The summed E-state index contributed by atoms with van der Waals surface area (Å²) in [6.07, 6.45) is 8.62. The second kappa shape index (κ2) is 10.3.